The summed E-state index contributed by atoms with van der Waals surface area (Å²) in [5.74, 6) is -0.379. The molecular weight excluding hydrogens is 488 g/mol. The highest BCUT2D eigenvalue weighted by molar-refractivity contribution is 6.09. The summed E-state index contributed by atoms with van der Waals surface area (Å²) in [5, 5.41) is 12.2. The van der Waals surface area contributed by atoms with Gasteiger partial charge < -0.3 is 14.4 Å². The van der Waals surface area contributed by atoms with Crippen LogP contribution in [0.3, 0.4) is 0 Å². The van der Waals surface area contributed by atoms with E-state index in [-0.39, 0.29) is 18.6 Å². The molecule has 0 saturated heterocycles. The highest BCUT2D eigenvalue weighted by Gasteiger charge is 2.18. The average molecular weight is 519 g/mol. The lowest BCUT2D eigenvalue weighted by Gasteiger charge is -2.12. The Morgan fingerprint density at radius 3 is 2.03 bits per heavy atom. The monoisotopic (exact) mass is 518 g/mol. The lowest BCUT2D eigenvalue weighted by molar-refractivity contribution is -0.138. The molecule has 39 heavy (non-hydrogen) atoms. The molecule has 1 atom stereocenters. The normalized spacial score (nSPS) is 12.5. The molecule has 0 spiro atoms. The summed E-state index contributed by atoms with van der Waals surface area (Å²) < 4.78 is 8.31. The van der Waals surface area contributed by atoms with Crippen LogP contribution >= 0.6 is 0 Å². The molecule has 0 aliphatic heterocycles. The van der Waals surface area contributed by atoms with Crippen molar-refractivity contribution in [2.45, 2.75) is 32.4 Å². The van der Waals surface area contributed by atoms with Gasteiger partial charge in [-0.25, -0.2) is 4.79 Å². The van der Waals surface area contributed by atoms with Gasteiger partial charge >= 0.3 is 5.97 Å². The van der Waals surface area contributed by atoms with Crippen LogP contribution in [0.25, 0.3) is 21.8 Å². The molecule has 196 valence electrons. The Bertz CT molecular complexity index is 1580. The van der Waals surface area contributed by atoms with E-state index in [1.807, 2.05) is 42.5 Å². The number of rotatable bonds is 11. The highest BCUT2D eigenvalue weighted by atomic mass is 16.5. The number of carboxylic acid groups (broad SMARTS) is 1. The van der Waals surface area contributed by atoms with Crippen LogP contribution in [0, 0.1) is 0 Å². The summed E-state index contributed by atoms with van der Waals surface area (Å²) in [6.07, 6.45) is 0.320. The standard InChI is InChI=1S/C33H30N2O4/c1-23(21-32(36)25-9-3-2-4-10-25)34-29(33(37)38)22-24-15-17-26(18-16-24)39-20-19-35-30-13-7-5-11-27(30)28-12-6-8-14-31(28)35/h2-18,29H,19-22H2,1H3,(H,37,38). The zero-order valence-corrected chi connectivity index (χ0v) is 21.8. The maximum Gasteiger partial charge on any atom is 0.328 e. The number of aliphatic imine (C=N–C) groups is 1. The third-order valence-electron chi connectivity index (χ3n) is 6.79. The number of hydrogen-bond donors (Lipinski definition) is 1. The fraction of sp³-hybridized carbons (Fsp3) is 0.182. The van der Waals surface area contributed by atoms with Gasteiger partial charge in [-0.2, -0.15) is 0 Å². The Morgan fingerprint density at radius 2 is 1.41 bits per heavy atom. The molecule has 1 aromatic heterocycles. The highest BCUT2D eigenvalue weighted by Crippen LogP contribution is 2.28. The topological polar surface area (TPSA) is 80.9 Å². The average Bonchev–Trinajstić information content (AvgIpc) is 3.27. The van der Waals surface area contributed by atoms with Gasteiger partial charge in [0.1, 0.15) is 12.4 Å². The van der Waals surface area contributed by atoms with Gasteiger partial charge in [0.2, 0.25) is 0 Å². The Hall–Kier alpha value is -4.71. The molecule has 1 N–H and O–H groups in total. The van der Waals surface area contributed by atoms with E-state index in [9.17, 15) is 14.7 Å². The predicted molar refractivity (Wildman–Crippen MR) is 155 cm³/mol. The largest absolute Gasteiger partial charge is 0.492 e. The van der Waals surface area contributed by atoms with Crippen molar-refractivity contribution in [3.05, 3.63) is 114 Å². The van der Waals surface area contributed by atoms with Crippen molar-refractivity contribution in [1.82, 2.24) is 4.57 Å². The van der Waals surface area contributed by atoms with Crippen molar-refractivity contribution in [3.63, 3.8) is 0 Å². The van der Waals surface area contributed by atoms with Gasteiger partial charge in [0.15, 0.2) is 11.8 Å². The van der Waals surface area contributed by atoms with Crippen molar-refractivity contribution in [2.24, 2.45) is 4.99 Å². The molecule has 6 nitrogen and oxygen atoms in total. The van der Waals surface area contributed by atoms with Crippen LogP contribution in [0.1, 0.15) is 29.3 Å². The second-order valence-electron chi connectivity index (χ2n) is 9.57. The van der Waals surface area contributed by atoms with Crippen molar-refractivity contribution < 1.29 is 19.4 Å². The van der Waals surface area contributed by atoms with E-state index in [0.29, 0.717) is 24.4 Å². The quantitative estimate of drug-likeness (QED) is 0.158. The van der Waals surface area contributed by atoms with E-state index in [1.165, 1.54) is 21.8 Å². The Morgan fingerprint density at radius 1 is 0.821 bits per heavy atom. The maximum atomic E-state index is 12.4. The summed E-state index contributed by atoms with van der Waals surface area (Å²) in [6, 6.07) is 32.2. The van der Waals surface area contributed by atoms with Crippen molar-refractivity contribution in [3.8, 4) is 5.75 Å². The van der Waals surface area contributed by atoms with E-state index >= 15 is 0 Å². The Balaban J connectivity index is 1.20. The van der Waals surface area contributed by atoms with Crippen molar-refractivity contribution in [1.29, 1.82) is 0 Å². The zero-order valence-electron chi connectivity index (χ0n) is 21.8. The number of para-hydroxylation sites is 2. The number of nitrogens with zero attached hydrogens (tertiary/aromatic N) is 2. The molecule has 4 aromatic carbocycles. The minimum Gasteiger partial charge on any atom is -0.492 e. The minimum absolute atomic E-state index is 0.0802. The summed E-state index contributed by atoms with van der Waals surface area (Å²) in [6.45, 7) is 2.90. The third kappa shape index (κ3) is 6.07. The van der Waals surface area contributed by atoms with E-state index < -0.39 is 12.0 Å². The predicted octanol–water partition coefficient (Wildman–Crippen LogP) is 6.60. The van der Waals surface area contributed by atoms with Gasteiger partial charge in [-0.15, -0.1) is 0 Å². The second-order valence-corrected chi connectivity index (χ2v) is 9.57. The first kappa shape index (κ1) is 25.9. The van der Waals surface area contributed by atoms with E-state index in [0.717, 1.165) is 11.3 Å². The number of carboxylic acids is 1. The number of carbonyl (C=O) groups is 2. The van der Waals surface area contributed by atoms with Gasteiger partial charge in [0.05, 0.1) is 6.54 Å². The first-order valence-electron chi connectivity index (χ1n) is 13.0. The second kappa shape index (κ2) is 11.8. The Kier molecular flexibility index (Phi) is 7.83. The number of benzene rings is 4. The molecule has 0 aliphatic carbocycles. The van der Waals surface area contributed by atoms with Crippen LogP contribution in [0.2, 0.25) is 0 Å². The minimum atomic E-state index is -1.02. The molecule has 1 unspecified atom stereocenters. The third-order valence-corrected chi connectivity index (χ3v) is 6.79. The first-order chi connectivity index (χ1) is 19.0. The van der Waals surface area contributed by atoms with E-state index in [2.05, 4.69) is 46.0 Å². The molecule has 5 rings (SSSR count). The molecule has 0 bridgehead atoms. The molecule has 6 heteroatoms. The van der Waals surface area contributed by atoms with Gasteiger partial charge in [-0.3, -0.25) is 9.79 Å². The number of ketones is 1. The number of carbonyl (C=O) groups excluding carboxylic acids is 1. The fourth-order valence-electron chi connectivity index (χ4n) is 4.90. The van der Waals surface area contributed by atoms with Gasteiger partial charge in [0.25, 0.3) is 0 Å². The van der Waals surface area contributed by atoms with Gasteiger partial charge in [-0.1, -0.05) is 78.9 Å². The molecule has 0 aliphatic rings. The van der Waals surface area contributed by atoms with Crippen LogP contribution in [0.4, 0.5) is 0 Å². The lowest BCUT2D eigenvalue weighted by atomic mass is 10.0. The summed E-state index contributed by atoms with van der Waals surface area (Å²) in [7, 11) is 0. The van der Waals surface area contributed by atoms with Crippen LogP contribution in [-0.4, -0.2) is 39.8 Å². The van der Waals surface area contributed by atoms with Crippen molar-refractivity contribution >= 4 is 39.3 Å². The van der Waals surface area contributed by atoms with Crippen LogP contribution in [0.15, 0.2) is 108 Å². The summed E-state index contributed by atoms with van der Waals surface area (Å²) in [4.78, 5) is 28.7. The number of fused-ring (bicyclic) bond motifs is 3. The number of aromatic nitrogens is 1. The maximum absolute atomic E-state index is 12.4. The molecule has 5 aromatic rings. The zero-order chi connectivity index (χ0) is 27.2. The first-order valence-corrected chi connectivity index (χ1v) is 13.0. The van der Waals surface area contributed by atoms with E-state index in [1.54, 1.807) is 31.2 Å². The van der Waals surface area contributed by atoms with Gasteiger partial charge in [-0.05, 0) is 36.8 Å². The summed E-state index contributed by atoms with van der Waals surface area (Å²) in [5.41, 5.74) is 4.29. The van der Waals surface area contributed by atoms with Crippen molar-refractivity contribution in [2.75, 3.05) is 6.61 Å². The summed E-state index contributed by atoms with van der Waals surface area (Å²) >= 11 is 0. The van der Waals surface area contributed by atoms with Gasteiger partial charge in [0, 0.05) is 45.9 Å². The number of aliphatic carboxylic acids is 1. The van der Waals surface area contributed by atoms with Crippen LogP contribution in [0.5, 0.6) is 5.75 Å². The van der Waals surface area contributed by atoms with E-state index in [4.69, 9.17) is 4.74 Å². The molecule has 0 amide bonds. The number of Topliss-reactive ketones (excluding diaryl/α,β-unsaturated/α-hetero) is 1. The number of ether oxygens (including phenoxy) is 1. The van der Waals surface area contributed by atoms with Crippen LogP contribution < -0.4 is 4.74 Å². The molecular formula is C33H30N2O4. The lowest BCUT2D eigenvalue weighted by Crippen LogP contribution is -2.22. The molecule has 0 radical (unpaired) electrons. The molecule has 1 heterocycles. The number of hydrogen-bond acceptors (Lipinski definition) is 4. The Labute approximate surface area is 227 Å². The SMILES string of the molecule is CC(CC(=O)c1ccccc1)=NC(Cc1ccc(OCCn2c3ccccc3c3ccccc32)cc1)C(=O)O. The molecule has 0 saturated carbocycles. The smallest absolute Gasteiger partial charge is 0.328 e. The van der Waals surface area contributed by atoms with Crippen LogP contribution in [-0.2, 0) is 17.8 Å². The molecule has 0 fully saturated rings. The fourth-order valence-corrected chi connectivity index (χ4v) is 4.90.